The normalized spacial score (nSPS) is 37.9. The van der Waals surface area contributed by atoms with Gasteiger partial charge in [0.15, 0.2) is 34.9 Å². The van der Waals surface area contributed by atoms with Crippen LogP contribution in [0.1, 0.15) is 50.5 Å². The van der Waals surface area contributed by atoms with E-state index in [9.17, 15) is 34.2 Å². The Morgan fingerprint density at radius 2 is 1.70 bits per heavy atom. The summed E-state index contributed by atoms with van der Waals surface area (Å²) in [6.07, 6.45) is 0.480. The highest BCUT2D eigenvalue weighted by Crippen LogP contribution is 2.72. The molecule has 8 rings (SSSR count). The number of fused-ring (bicyclic) bond motifs is 7. The zero-order valence-electron chi connectivity index (χ0n) is 29.6. The van der Waals surface area contributed by atoms with E-state index < -0.39 is 88.6 Å². The molecule has 1 saturated heterocycles. The van der Waals surface area contributed by atoms with Crippen molar-refractivity contribution in [2.24, 2.45) is 22.7 Å². The summed E-state index contributed by atoms with van der Waals surface area (Å²) >= 11 is 1.44. The molecule has 0 radical (unpaired) electrons. The summed E-state index contributed by atoms with van der Waals surface area (Å²) in [5.41, 5.74) is -5.55. The number of amides is 2. The number of aliphatic hydroxyl groups is 2. The van der Waals surface area contributed by atoms with Gasteiger partial charge in [0.1, 0.15) is 12.8 Å². The predicted octanol–water partition coefficient (Wildman–Crippen LogP) is 4.52. The van der Waals surface area contributed by atoms with Crippen molar-refractivity contribution in [3.63, 3.8) is 0 Å². The van der Waals surface area contributed by atoms with Crippen molar-refractivity contribution in [2.45, 2.75) is 85.3 Å². The lowest BCUT2D eigenvalue weighted by atomic mass is 9.44. The van der Waals surface area contributed by atoms with Crippen molar-refractivity contribution in [2.75, 3.05) is 13.2 Å². The summed E-state index contributed by atoms with van der Waals surface area (Å²) < 4.78 is 46.6. The topological polar surface area (TPSA) is 148 Å². The van der Waals surface area contributed by atoms with Gasteiger partial charge >= 0.3 is 0 Å². The van der Waals surface area contributed by atoms with Crippen LogP contribution in [0.2, 0.25) is 0 Å². The Morgan fingerprint density at radius 3 is 2.41 bits per heavy atom. The van der Waals surface area contributed by atoms with Gasteiger partial charge in [-0.3, -0.25) is 28.9 Å². The first-order chi connectivity index (χ1) is 25.6. The van der Waals surface area contributed by atoms with E-state index in [1.165, 1.54) is 30.8 Å². The molecular weight excluding hydrogens is 721 g/mol. The molecule has 2 aliphatic heterocycles. The minimum atomic E-state index is -2.33. The first kappa shape index (κ1) is 36.8. The molecule has 4 aliphatic carbocycles. The van der Waals surface area contributed by atoms with Gasteiger partial charge in [-0.1, -0.05) is 49.0 Å². The van der Waals surface area contributed by atoms with Crippen LogP contribution in [0.5, 0.6) is 0 Å². The Hall–Kier alpha value is -4.14. The number of hydrogen-bond donors (Lipinski definition) is 2. The average molecular weight is 760 g/mol. The number of alkyl halides is 2. The van der Waals surface area contributed by atoms with E-state index in [0.717, 1.165) is 38.5 Å². The van der Waals surface area contributed by atoms with Gasteiger partial charge in [0.2, 0.25) is 0 Å². The molecule has 2 amide bonds. The zero-order valence-corrected chi connectivity index (χ0v) is 30.4. The fraction of sp³-hybridized carbons (Fsp3) is 0.439. The molecule has 2 aromatic carbocycles. The van der Waals surface area contributed by atoms with Gasteiger partial charge in [-0.25, -0.2) is 8.78 Å². The molecule has 54 heavy (non-hydrogen) atoms. The van der Waals surface area contributed by atoms with Crippen LogP contribution in [0.3, 0.4) is 0 Å². The van der Waals surface area contributed by atoms with Gasteiger partial charge < -0.3 is 19.7 Å². The molecule has 10 atom stereocenters. The summed E-state index contributed by atoms with van der Waals surface area (Å²) in [5, 5.41) is 22.0. The monoisotopic (exact) mass is 759 g/mol. The van der Waals surface area contributed by atoms with E-state index in [0.29, 0.717) is 5.56 Å². The summed E-state index contributed by atoms with van der Waals surface area (Å²) in [6, 6.07) is 14.6. The number of halogens is 2. The summed E-state index contributed by atoms with van der Waals surface area (Å²) in [6.45, 7) is 2.09. The standard InChI is InChI=1S/C41H39F2NO9S/c1-38-13-12-24(46)16-30(38)31(42)17-29-28-18-34-41(33(49)21-45,39(28,2)19-32(48)40(29,38)43)53-37(52-34)23-6-8-26(9-7-23)54-27-5-3-4-22(15-27)14-25(47)20-44-35(50)10-11-36(44)51/h3-13,15-16,28-29,31-32,34,37,45,48H,14,17-21H2,1-2H3/t28-,29-,31-,32-,34+,37+,38-,39-,40-,41+/m0/s1. The third-order valence-corrected chi connectivity index (χ3v) is 13.8. The highest BCUT2D eigenvalue weighted by molar-refractivity contribution is 7.99. The minimum absolute atomic E-state index is 0.0103. The van der Waals surface area contributed by atoms with E-state index in [1.807, 2.05) is 30.3 Å². The molecule has 2 aromatic rings. The van der Waals surface area contributed by atoms with Crippen LogP contribution in [0.4, 0.5) is 8.78 Å². The second kappa shape index (κ2) is 13.0. The van der Waals surface area contributed by atoms with Crippen molar-refractivity contribution >= 4 is 40.9 Å². The second-order valence-corrected chi connectivity index (χ2v) is 16.8. The molecule has 4 fully saturated rings. The quantitative estimate of drug-likeness (QED) is 0.350. The molecule has 0 spiro atoms. The maximum atomic E-state index is 17.7. The first-order valence-corrected chi connectivity index (χ1v) is 18.8. The molecule has 0 unspecified atom stereocenters. The lowest BCUT2D eigenvalue weighted by molar-refractivity contribution is -0.235. The molecule has 10 nitrogen and oxygen atoms in total. The number of ether oxygens (including phenoxy) is 2. The molecule has 6 aliphatic rings. The zero-order chi connectivity index (χ0) is 38.4. The van der Waals surface area contributed by atoms with Crippen LogP contribution in [0, 0.1) is 22.7 Å². The van der Waals surface area contributed by atoms with Gasteiger partial charge in [0.05, 0.1) is 18.8 Å². The Labute approximate surface area is 314 Å². The lowest BCUT2D eigenvalue weighted by Gasteiger charge is -2.63. The Balaban J connectivity index is 0.997. The predicted molar refractivity (Wildman–Crippen MR) is 189 cm³/mol. The van der Waals surface area contributed by atoms with Crippen LogP contribution < -0.4 is 0 Å². The SMILES string of the molecule is C[C@]12C=CC(=O)C=C1[C@@H](F)C[C@H]1[C@@H]3C[C@H]4O[C@@H](c5ccc(Sc6cccc(CC(=O)CN7C(=O)C=CC7=O)c6)cc5)O[C@@]4(C(=O)CO)[C@@]3(C)C[C@H](O)[C@@]12F. The van der Waals surface area contributed by atoms with E-state index in [2.05, 4.69) is 0 Å². The third-order valence-electron chi connectivity index (χ3n) is 12.8. The van der Waals surface area contributed by atoms with Crippen molar-refractivity contribution in [3.05, 3.63) is 95.6 Å². The molecular formula is C41H39F2NO9S. The molecule has 0 bridgehead atoms. The third kappa shape index (κ3) is 5.30. The van der Waals surface area contributed by atoms with Crippen LogP contribution in [-0.2, 0) is 39.9 Å². The van der Waals surface area contributed by atoms with Crippen molar-refractivity contribution in [3.8, 4) is 0 Å². The van der Waals surface area contributed by atoms with Crippen molar-refractivity contribution in [1.29, 1.82) is 0 Å². The van der Waals surface area contributed by atoms with Gasteiger partial charge in [-0.05, 0) is 79.7 Å². The van der Waals surface area contributed by atoms with E-state index in [-0.39, 0.29) is 43.6 Å². The van der Waals surface area contributed by atoms with E-state index in [4.69, 9.17) is 9.47 Å². The molecule has 0 aromatic heterocycles. The molecule has 13 heteroatoms. The highest BCUT2D eigenvalue weighted by atomic mass is 32.2. The minimum Gasteiger partial charge on any atom is -0.390 e. The number of nitrogens with zero attached hydrogens (tertiary/aromatic N) is 1. The van der Waals surface area contributed by atoms with Crippen LogP contribution in [-0.4, -0.2) is 87.1 Å². The fourth-order valence-corrected chi connectivity index (χ4v) is 11.2. The van der Waals surface area contributed by atoms with Gasteiger partial charge in [-0.15, -0.1) is 0 Å². The Morgan fingerprint density at radius 1 is 0.981 bits per heavy atom. The molecule has 282 valence electrons. The lowest BCUT2D eigenvalue weighted by Crippen LogP contribution is -2.70. The van der Waals surface area contributed by atoms with Gasteiger partial charge in [0, 0.05) is 50.7 Å². The van der Waals surface area contributed by atoms with Crippen molar-refractivity contribution in [1.82, 2.24) is 4.90 Å². The molecule has 2 N–H and O–H groups in total. The number of aliphatic hydroxyl groups excluding tert-OH is 2. The maximum Gasteiger partial charge on any atom is 0.254 e. The number of benzene rings is 2. The number of ketones is 3. The van der Waals surface area contributed by atoms with Crippen LogP contribution in [0.15, 0.2) is 94.3 Å². The van der Waals surface area contributed by atoms with E-state index in [1.54, 1.807) is 25.1 Å². The average Bonchev–Trinajstić information content (AvgIpc) is 3.76. The summed E-state index contributed by atoms with van der Waals surface area (Å²) in [7, 11) is 0. The molecule has 2 heterocycles. The maximum absolute atomic E-state index is 17.7. The first-order valence-electron chi connectivity index (χ1n) is 18.0. The number of hydrogen-bond acceptors (Lipinski definition) is 10. The highest BCUT2D eigenvalue weighted by Gasteiger charge is 2.80. The Kier molecular flexibility index (Phi) is 8.85. The largest absolute Gasteiger partial charge is 0.390 e. The number of carbonyl (C=O) groups is 5. The number of imide groups is 1. The fourth-order valence-electron chi connectivity index (χ4n) is 10.3. The number of rotatable bonds is 9. The van der Waals surface area contributed by atoms with Gasteiger partial charge in [-0.2, -0.15) is 0 Å². The number of allylic oxidation sites excluding steroid dienone is 4. The number of Topliss-reactive ketones (excluding diaryl/α,β-unsaturated/α-hetero) is 2. The smallest absolute Gasteiger partial charge is 0.254 e. The van der Waals surface area contributed by atoms with Crippen molar-refractivity contribution < 1.29 is 52.4 Å². The van der Waals surface area contributed by atoms with Crippen LogP contribution >= 0.6 is 11.8 Å². The Bertz CT molecular complexity index is 2050. The molecule has 3 saturated carbocycles. The summed E-state index contributed by atoms with van der Waals surface area (Å²) in [5.74, 6) is -4.07. The second-order valence-electron chi connectivity index (χ2n) is 15.6. The van der Waals surface area contributed by atoms with Crippen LogP contribution in [0.25, 0.3) is 0 Å². The summed E-state index contributed by atoms with van der Waals surface area (Å²) in [4.78, 5) is 64.9. The van der Waals surface area contributed by atoms with E-state index >= 15 is 8.78 Å². The van der Waals surface area contributed by atoms with Gasteiger partial charge in [0.25, 0.3) is 11.8 Å². The number of carbonyl (C=O) groups excluding carboxylic acids is 5.